The van der Waals surface area contributed by atoms with Crippen molar-refractivity contribution in [2.45, 2.75) is 12.5 Å². The minimum Gasteiger partial charge on any atom is -0.448 e. The number of benzene rings is 1. The third-order valence-corrected chi connectivity index (χ3v) is 2.49. The van der Waals surface area contributed by atoms with Gasteiger partial charge in [-0.3, -0.25) is 9.69 Å². The lowest BCUT2D eigenvalue weighted by atomic mass is 10.1. The summed E-state index contributed by atoms with van der Waals surface area (Å²) >= 11 is 0. The minimum absolute atomic E-state index is 0.114. The van der Waals surface area contributed by atoms with E-state index in [1.807, 2.05) is 42.3 Å². The minimum atomic E-state index is -0.114. The third kappa shape index (κ3) is 1.77. The molecule has 1 aliphatic rings. The van der Waals surface area contributed by atoms with Crippen LogP contribution in [0.1, 0.15) is 5.56 Å². The smallest absolute Gasteiger partial charge is 0.325 e. The van der Waals surface area contributed by atoms with Crippen molar-refractivity contribution >= 4 is 5.97 Å². The molecule has 0 N–H and O–H groups in total. The van der Waals surface area contributed by atoms with Crippen LogP contribution in [0, 0.1) is 0 Å². The Morgan fingerprint density at radius 1 is 1.43 bits per heavy atom. The van der Waals surface area contributed by atoms with Crippen molar-refractivity contribution in [2.75, 3.05) is 13.8 Å². The van der Waals surface area contributed by atoms with Gasteiger partial charge in [0, 0.05) is 0 Å². The first-order chi connectivity index (χ1) is 6.77. The van der Waals surface area contributed by atoms with Gasteiger partial charge < -0.3 is 4.74 Å². The summed E-state index contributed by atoms with van der Waals surface area (Å²) < 4.78 is 4.94. The molecule has 0 radical (unpaired) electrons. The molecular weight excluding hydrogens is 178 g/mol. The molecule has 0 spiro atoms. The Kier molecular flexibility index (Phi) is 2.50. The lowest BCUT2D eigenvalue weighted by Gasteiger charge is -2.13. The molecular formula is C11H13NO2. The summed E-state index contributed by atoms with van der Waals surface area (Å²) in [6, 6.07) is 9.88. The van der Waals surface area contributed by atoms with E-state index in [1.165, 1.54) is 5.56 Å². The fourth-order valence-corrected chi connectivity index (χ4v) is 1.61. The summed E-state index contributed by atoms with van der Waals surface area (Å²) in [6.45, 7) is 0.413. The highest BCUT2D eigenvalue weighted by Gasteiger charge is 2.31. The maximum Gasteiger partial charge on any atom is 0.325 e. The fourth-order valence-electron chi connectivity index (χ4n) is 1.61. The van der Waals surface area contributed by atoms with Crippen LogP contribution in [-0.2, 0) is 16.0 Å². The number of hydrogen-bond donors (Lipinski definition) is 0. The second-order valence-electron chi connectivity index (χ2n) is 3.55. The topological polar surface area (TPSA) is 29.5 Å². The van der Waals surface area contributed by atoms with Gasteiger partial charge >= 0.3 is 5.97 Å². The van der Waals surface area contributed by atoms with Gasteiger partial charge in [0.05, 0.1) is 0 Å². The molecule has 0 saturated carbocycles. The van der Waals surface area contributed by atoms with E-state index in [2.05, 4.69) is 0 Å². The SMILES string of the molecule is CN1COC(=O)C1Cc1ccccc1. The Bertz CT molecular complexity index is 323. The van der Waals surface area contributed by atoms with Crippen LogP contribution in [-0.4, -0.2) is 30.7 Å². The van der Waals surface area contributed by atoms with Gasteiger partial charge in [-0.25, -0.2) is 0 Å². The van der Waals surface area contributed by atoms with Gasteiger partial charge in [-0.2, -0.15) is 0 Å². The molecule has 1 aromatic carbocycles. The molecule has 1 aliphatic heterocycles. The Balaban J connectivity index is 2.07. The Hall–Kier alpha value is -1.35. The molecule has 0 amide bonds. The van der Waals surface area contributed by atoms with Crippen molar-refractivity contribution in [1.29, 1.82) is 0 Å². The quantitative estimate of drug-likeness (QED) is 0.654. The maximum absolute atomic E-state index is 11.3. The summed E-state index contributed by atoms with van der Waals surface area (Å²) in [7, 11) is 1.90. The third-order valence-electron chi connectivity index (χ3n) is 2.49. The highest BCUT2D eigenvalue weighted by molar-refractivity contribution is 5.77. The molecule has 1 unspecified atom stereocenters. The van der Waals surface area contributed by atoms with Crippen LogP contribution in [0.4, 0.5) is 0 Å². The zero-order valence-electron chi connectivity index (χ0n) is 8.14. The molecule has 1 aromatic rings. The van der Waals surface area contributed by atoms with E-state index in [-0.39, 0.29) is 12.0 Å². The predicted octanol–water partition coefficient (Wildman–Crippen LogP) is 1.04. The van der Waals surface area contributed by atoms with Crippen molar-refractivity contribution in [3.05, 3.63) is 35.9 Å². The van der Waals surface area contributed by atoms with Crippen LogP contribution in [0.3, 0.4) is 0 Å². The Morgan fingerprint density at radius 2 is 2.14 bits per heavy atom. The standard InChI is InChI=1S/C11H13NO2/c1-12-8-14-11(13)10(12)7-9-5-3-2-4-6-9/h2-6,10H,7-8H2,1H3. The number of esters is 1. The highest BCUT2D eigenvalue weighted by atomic mass is 16.6. The highest BCUT2D eigenvalue weighted by Crippen LogP contribution is 2.14. The molecule has 1 saturated heterocycles. The van der Waals surface area contributed by atoms with Crippen molar-refractivity contribution in [3.63, 3.8) is 0 Å². The maximum atomic E-state index is 11.3. The molecule has 1 atom stereocenters. The van der Waals surface area contributed by atoms with Crippen LogP contribution in [0.2, 0.25) is 0 Å². The molecule has 1 heterocycles. The van der Waals surface area contributed by atoms with Crippen LogP contribution < -0.4 is 0 Å². The molecule has 0 bridgehead atoms. The second-order valence-corrected chi connectivity index (χ2v) is 3.55. The van der Waals surface area contributed by atoms with E-state index < -0.39 is 0 Å². The Labute approximate surface area is 83.3 Å². The number of likely N-dealkylation sites (N-methyl/N-ethyl adjacent to an activating group) is 1. The lowest BCUT2D eigenvalue weighted by molar-refractivity contribution is -0.139. The molecule has 0 aromatic heterocycles. The number of ether oxygens (including phenoxy) is 1. The summed E-state index contributed by atoms with van der Waals surface area (Å²) in [6.07, 6.45) is 0.732. The van der Waals surface area contributed by atoms with E-state index >= 15 is 0 Å². The van der Waals surface area contributed by atoms with Crippen molar-refractivity contribution < 1.29 is 9.53 Å². The van der Waals surface area contributed by atoms with E-state index in [0.29, 0.717) is 6.73 Å². The first-order valence-corrected chi connectivity index (χ1v) is 4.68. The normalized spacial score (nSPS) is 22.4. The molecule has 3 nitrogen and oxygen atoms in total. The number of hydrogen-bond acceptors (Lipinski definition) is 3. The number of cyclic esters (lactones) is 1. The van der Waals surface area contributed by atoms with Crippen LogP contribution in [0.15, 0.2) is 30.3 Å². The largest absolute Gasteiger partial charge is 0.448 e. The Morgan fingerprint density at radius 3 is 2.71 bits per heavy atom. The average Bonchev–Trinajstić information content (AvgIpc) is 2.51. The summed E-state index contributed by atoms with van der Waals surface area (Å²) in [5.74, 6) is -0.114. The zero-order valence-corrected chi connectivity index (χ0v) is 8.14. The van der Waals surface area contributed by atoms with Gasteiger partial charge in [-0.15, -0.1) is 0 Å². The average molecular weight is 191 g/mol. The van der Waals surface area contributed by atoms with Crippen LogP contribution in [0.5, 0.6) is 0 Å². The van der Waals surface area contributed by atoms with Gasteiger partial charge in [0.25, 0.3) is 0 Å². The lowest BCUT2D eigenvalue weighted by Crippen LogP contribution is -2.31. The van der Waals surface area contributed by atoms with Gasteiger partial charge in [0.2, 0.25) is 0 Å². The number of rotatable bonds is 2. The molecule has 3 heteroatoms. The molecule has 0 aliphatic carbocycles. The fraction of sp³-hybridized carbons (Fsp3) is 0.364. The predicted molar refractivity (Wildman–Crippen MR) is 52.7 cm³/mol. The van der Waals surface area contributed by atoms with Crippen molar-refractivity contribution in [1.82, 2.24) is 4.90 Å². The summed E-state index contributed by atoms with van der Waals surface area (Å²) in [5, 5.41) is 0. The van der Waals surface area contributed by atoms with Crippen LogP contribution >= 0.6 is 0 Å². The first kappa shape index (κ1) is 9.21. The van der Waals surface area contributed by atoms with Gasteiger partial charge in [0.1, 0.15) is 12.8 Å². The van der Waals surface area contributed by atoms with Crippen LogP contribution in [0.25, 0.3) is 0 Å². The van der Waals surface area contributed by atoms with E-state index in [0.717, 1.165) is 6.42 Å². The monoisotopic (exact) mass is 191 g/mol. The number of carbonyl (C=O) groups is 1. The number of nitrogens with zero attached hydrogens (tertiary/aromatic N) is 1. The summed E-state index contributed by atoms with van der Waals surface area (Å²) in [4.78, 5) is 13.3. The van der Waals surface area contributed by atoms with E-state index in [4.69, 9.17) is 4.74 Å². The number of carbonyl (C=O) groups excluding carboxylic acids is 1. The summed E-state index contributed by atoms with van der Waals surface area (Å²) in [5.41, 5.74) is 1.17. The van der Waals surface area contributed by atoms with Gasteiger partial charge in [-0.1, -0.05) is 30.3 Å². The molecule has 2 rings (SSSR count). The molecule has 74 valence electrons. The second kappa shape index (κ2) is 3.80. The molecule has 1 fully saturated rings. The van der Waals surface area contributed by atoms with E-state index in [9.17, 15) is 4.79 Å². The van der Waals surface area contributed by atoms with Gasteiger partial charge in [0.15, 0.2) is 0 Å². The van der Waals surface area contributed by atoms with Crippen molar-refractivity contribution in [2.24, 2.45) is 0 Å². The first-order valence-electron chi connectivity index (χ1n) is 4.68. The molecule has 14 heavy (non-hydrogen) atoms. The van der Waals surface area contributed by atoms with Crippen molar-refractivity contribution in [3.8, 4) is 0 Å². The zero-order chi connectivity index (χ0) is 9.97. The van der Waals surface area contributed by atoms with E-state index in [1.54, 1.807) is 0 Å². The van der Waals surface area contributed by atoms with Gasteiger partial charge in [-0.05, 0) is 19.0 Å².